The fourth-order valence-corrected chi connectivity index (χ4v) is 1.34. The van der Waals surface area contributed by atoms with Crippen LogP contribution in [0.4, 0.5) is 0 Å². The van der Waals surface area contributed by atoms with E-state index in [0.717, 1.165) is 0 Å². The first-order chi connectivity index (χ1) is 7.77. The summed E-state index contributed by atoms with van der Waals surface area (Å²) < 4.78 is 9.36. The van der Waals surface area contributed by atoms with Crippen LogP contribution in [-0.4, -0.2) is 22.6 Å². The third-order valence-electron chi connectivity index (χ3n) is 1.90. The van der Waals surface area contributed by atoms with E-state index in [0.29, 0.717) is 24.4 Å². The molecule has 0 bridgehead atoms. The highest BCUT2D eigenvalue weighted by Gasteiger charge is 2.12. The number of furan rings is 1. The fourth-order valence-electron chi connectivity index (χ4n) is 1.14. The first kappa shape index (κ1) is 10.7. The molecule has 0 atom stereocenters. The van der Waals surface area contributed by atoms with Gasteiger partial charge in [-0.05, 0) is 17.7 Å². The number of aromatic nitrogens is 2. The molecule has 0 unspecified atom stereocenters. The summed E-state index contributed by atoms with van der Waals surface area (Å²) in [6.07, 6.45) is 3.10. The number of halogens is 1. The summed E-state index contributed by atoms with van der Waals surface area (Å²) in [7, 11) is 0. The molecule has 0 fully saturated rings. The molecule has 2 rings (SSSR count). The van der Waals surface area contributed by atoms with Crippen molar-refractivity contribution >= 4 is 17.5 Å². The lowest BCUT2D eigenvalue weighted by atomic mass is 10.3. The SMILES string of the molecule is O=C(NCCc1ncon1)c1ccoc1Cl. The van der Waals surface area contributed by atoms with E-state index in [-0.39, 0.29) is 11.1 Å². The van der Waals surface area contributed by atoms with E-state index in [1.165, 1.54) is 18.7 Å². The molecule has 2 aromatic heterocycles. The predicted octanol–water partition coefficient (Wildman–Crippen LogP) is 1.29. The molecule has 0 saturated heterocycles. The van der Waals surface area contributed by atoms with Gasteiger partial charge >= 0.3 is 0 Å². The molecule has 1 N–H and O–H groups in total. The van der Waals surface area contributed by atoms with Gasteiger partial charge in [-0.3, -0.25) is 4.79 Å². The number of nitrogens with zero attached hydrogens (tertiary/aromatic N) is 2. The molecule has 0 aliphatic carbocycles. The van der Waals surface area contributed by atoms with Gasteiger partial charge < -0.3 is 14.3 Å². The van der Waals surface area contributed by atoms with E-state index in [1.54, 1.807) is 0 Å². The van der Waals surface area contributed by atoms with Gasteiger partial charge in [-0.15, -0.1) is 0 Å². The van der Waals surface area contributed by atoms with Crippen molar-refractivity contribution in [2.24, 2.45) is 0 Å². The molecule has 7 heteroatoms. The zero-order chi connectivity index (χ0) is 11.4. The molecule has 6 nitrogen and oxygen atoms in total. The van der Waals surface area contributed by atoms with Crippen LogP contribution in [0.15, 0.2) is 27.7 Å². The van der Waals surface area contributed by atoms with Crippen LogP contribution in [-0.2, 0) is 6.42 Å². The number of hydrogen-bond acceptors (Lipinski definition) is 5. The number of carbonyl (C=O) groups is 1. The van der Waals surface area contributed by atoms with Crippen LogP contribution in [0.2, 0.25) is 5.22 Å². The van der Waals surface area contributed by atoms with E-state index in [1.807, 2.05) is 0 Å². The second-order valence-electron chi connectivity index (χ2n) is 2.96. The summed E-state index contributed by atoms with van der Waals surface area (Å²) in [5.41, 5.74) is 0.315. The Bertz CT molecular complexity index is 466. The highest BCUT2D eigenvalue weighted by atomic mass is 35.5. The summed E-state index contributed by atoms with van der Waals surface area (Å²) in [6, 6.07) is 1.51. The lowest BCUT2D eigenvalue weighted by Crippen LogP contribution is -2.25. The molecule has 0 spiro atoms. The Kier molecular flexibility index (Phi) is 3.21. The normalized spacial score (nSPS) is 10.3. The molecule has 1 amide bonds. The predicted molar refractivity (Wildman–Crippen MR) is 54.1 cm³/mol. The van der Waals surface area contributed by atoms with E-state index in [9.17, 15) is 4.79 Å². The van der Waals surface area contributed by atoms with Crippen molar-refractivity contribution < 1.29 is 13.7 Å². The van der Waals surface area contributed by atoms with Crippen LogP contribution < -0.4 is 5.32 Å². The van der Waals surface area contributed by atoms with Crippen molar-refractivity contribution in [2.75, 3.05) is 6.54 Å². The van der Waals surface area contributed by atoms with Gasteiger partial charge in [0.05, 0.1) is 11.8 Å². The maximum absolute atomic E-state index is 11.5. The van der Waals surface area contributed by atoms with Crippen LogP contribution in [0, 0.1) is 0 Å². The molecule has 0 radical (unpaired) electrons. The maximum atomic E-state index is 11.5. The Morgan fingerprint density at radius 1 is 1.56 bits per heavy atom. The summed E-state index contributed by atoms with van der Waals surface area (Å²) in [6.45, 7) is 0.403. The zero-order valence-electron chi connectivity index (χ0n) is 8.14. The minimum absolute atomic E-state index is 0.0806. The number of amides is 1. The Morgan fingerprint density at radius 2 is 2.44 bits per heavy atom. The van der Waals surface area contributed by atoms with E-state index in [2.05, 4.69) is 20.0 Å². The summed E-state index contributed by atoms with van der Waals surface area (Å²) in [4.78, 5) is 15.4. The van der Waals surface area contributed by atoms with Crippen LogP contribution >= 0.6 is 11.6 Å². The van der Waals surface area contributed by atoms with Crippen LogP contribution in [0.25, 0.3) is 0 Å². The van der Waals surface area contributed by atoms with Gasteiger partial charge in [-0.2, -0.15) is 4.98 Å². The van der Waals surface area contributed by atoms with Crippen LogP contribution in [0.3, 0.4) is 0 Å². The highest BCUT2D eigenvalue weighted by Crippen LogP contribution is 2.15. The Labute approximate surface area is 95.6 Å². The second-order valence-corrected chi connectivity index (χ2v) is 3.30. The second kappa shape index (κ2) is 4.80. The number of hydrogen-bond donors (Lipinski definition) is 1. The van der Waals surface area contributed by atoms with Gasteiger partial charge in [-0.25, -0.2) is 0 Å². The minimum Gasteiger partial charge on any atom is -0.452 e. The standard InChI is InChI=1S/C9H8ClN3O3/c10-8-6(2-4-15-8)9(14)11-3-1-7-12-5-16-13-7/h2,4-5H,1,3H2,(H,11,14). The van der Waals surface area contributed by atoms with Crippen LogP contribution in [0.5, 0.6) is 0 Å². The molecule has 0 aliphatic rings. The van der Waals surface area contributed by atoms with Crippen molar-refractivity contribution in [3.05, 3.63) is 35.3 Å². The first-order valence-corrected chi connectivity index (χ1v) is 4.91. The average Bonchev–Trinajstić information content (AvgIpc) is 2.88. The van der Waals surface area contributed by atoms with Gasteiger partial charge in [0.15, 0.2) is 5.82 Å². The van der Waals surface area contributed by atoms with Gasteiger partial charge in [0.2, 0.25) is 11.6 Å². The topological polar surface area (TPSA) is 81.2 Å². The molecule has 2 aromatic rings. The van der Waals surface area contributed by atoms with Gasteiger partial charge in [-0.1, -0.05) is 5.16 Å². The van der Waals surface area contributed by atoms with Crippen molar-refractivity contribution in [1.29, 1.82) is 0 Å². The maximum Gasteiger partial charge on any atom is 0.256 e. The largest absolute Gasteiger partial charge is 0.452 e. The summed E-state index contributed by atoms with van der Waals surface area (Å²) >= 11 is 5.65. The van der Waals surface area contributed by atoms with Gasteiger partial charge in [0.1, 0.15) is 0 Å². The van der Waals surface area contributed by atoms with Crippen molar-refractivity contribution in [2.45, 2.75) is 6.42 Å². The molecule has 2 heterocycles. The zero-order valence-corrected chi connectivity index (χ0v) is 8.90. The molecule has 84 valence electrons. The van der Waals surface area contributed by atoms with Crippen molar-refractivity contribution in [3.63, 3.8) is 0 Å². The Hall–Kier alpha value is -1.82. The summed E-state index contributed by atoms with van der Waals surface area (Å²) in [5.74, 6) is 0.251. The fraction of sp³-hybridized carbons (Fsp3) is 0.222. The molecule has 0 aliphatic heterocycles. The molecular formula is C9H8ClN3O3. The third kappa shape index (κ3) is 2.40. The Morgan fingerprint density at radius 3 is 3.06 bits per heavy atom. The molecule has 0 aromatic carbocycles. The van der Waals surface area contributed by atoms with Crippen molar-refractivity contribution in [3.8, 4) is 0 Å². The van der Waals surface area contributed by atoms with E-state index >= 15 is 0 Å². The smallest absolute Gasteiger partial charge is 0.256 e. The lowest BCUT2D eigenvalue weighted by molar-refractivity contribution is 0.0953. The number of carbonyl (C=O) groups excluding carboxylic acids is 1. The summed E-state index contributed by atoms with van der Waals surface area (Å²) in [5, 5.41) is 6.35. The van der Waals surface area contributed by atoms with Crippen molar-refractivity contribution in [1.82, 2.24) is 15.5 Å². The van der Waals surface area contributed by atoms with Gasteiger partial charge in [0.25, 0.3) is 5.91 Å². The first-order valence-electron chi connectivity index (χ1n) is 4.54. The number of rotatable bonds is 4. The minimum atomic E-state index is -0.290. The van der Waals surface area contributed by atoms with E-state index < -0.39 is 0 Å². The number of nitrogens with one attached hydrogen (secondary N) is 1. The lowest BCUT2D eigenvalue weighted by Gasteiger charge is -2.00. The molecule has 0 saturated carbocycles. The average molecular weight is 242 g/mol. The van der Waals surface area contributed by atoms with E-state index in [4.69, 9.17) is 16.0 Å². The Balaban J connectivity index is 1.83. The monoisotopic (exact) mass is 241 g/mol. The van der Waals surface area contributed by atoms with Crippen LogP contribution in [0.1, 0.15) is 16.2 Å². The molecular weight excluding hydrogens is 234 g/mol. The third-order valence-corrected chi connectivity index (χ3v) is 2.20. The van der Waals surface area contributed by atoms with Gasteiger partial charge in [0, 0.05) is 13.0 Å². The highest BCUT2D eigenvalue weighted by molar-refractivity contribution is 6.32. The quantitative estimate of drug-likeness (QED) is 0.872. The molecule has 16 heavy (non-hydrogen) atoms.